The number of nitrogens with one attached hydrogen (secondary N) is 2. The smallest absolute Gasteiger partial charge is 0.223 e. The summed E-state index contributed by atoms with van der Waals surface area (Å²) in [4.78, 5) is 12.5. The highest BCUT2D eigenvalue weighted by Gasteiger charge is 2.54. The zero-order valence-electron chi connectivity index (χ0n) is 13.0. The quantitative estimate of drug-likeness (QED) is 0.823. The Kier molecular flexibility index (Phi) is 4.52. The number of rotatable bonds is 2. The average molecular weight is 313 g/mol. The van der Waals surface area contributed by atoms with Crippen LogP contribution < -0.4 is 10.6 Å². The van der Waals surface area contributed by atoms with Gasteiger partial charge in [0.1, 0.15) is 0 Å². The van der Waals surface area contributed by atoms with Crippen molar-refractivity contribution in [3.63, 3.8) is 0 Å². The molecule has 1 saturated heterocycles. The monoisotopic (exact) mass is 312 g/mol. The lowest BCUT2D eigenvalue weighted by atomic mass is 9.79. The van der Waals surface area contributed by atoms with Gasteiger partial charge in [-0.2, -0.15) is 0 Å². The Bertz CT molecular complexity index is 402. The van der Waals surface area contributed by atoms with Gasteiger partial charge in [-0.05, 0) is 75.7 Å². The second kappa shape index (κ2) is 6.08. The Labute approximate surface area is 134 Å². The second-order valence-corrected chi connectivity index (χ2v) is 7.85. The second-order valence-electron chi connectivity index (χ2n) is 7.85. The Balaban J connectivity index is 0.00000132. The highest BCUT2D eigenvalue weighted by atomic mass is 35.5. The van der Waals surface area contributed by atoms with Gasteiger partial charge in [-0.25, -0.2) is 0 Å². The normalized spacial score (nSPS) is 47.8. The standard InChI is InChI=1S/C17H28N2O.ClH/c1-10-7-11(5-6-18-10)17(20)19-16-9-12-8-15(16)14-4-2-3-13(12)14;/h10-16,18H,2-9H2,1H3,(H,19,20);1H/t10-,11-,12?,13?,14?,15?,16?;/m0./s1. The van der Waals surface area contributed by atoms with Gasteiger partial charge < -0.3 is 10.6 Å². The maximum absolute atomic E-state index is 12.5. The van der Waals surface area contributed by atoms with Crippen molar-refractivity contribution in [2.45, 2.75) is 64.0 Å². The van der Waals surface area contributed by atoms with Gasteiger partial charge in [-0.3, -0.25) is 4.79 Å². The first-order chi connectivity index (χ1) is 9.72. The molecule has 5 unspecified atom stereocenters. The molecule has 0 radical (unpaired) electrons. The molecule has 1 amide bonds. The van der Waals surface area contributed by atoms with E-state index in [-0.39, 0.29) is 18.3 Å². The van der Waals surface area contributed by atoms with Crippen LogP contribution in [0, 0.1) is 29.6 Å². The minimum absolute atomic E-state index is 0. The van der Waals surface area contributed by atoms with Crippen molar-refractivity contribution < 1.29 is 4.79 Å². The molecule has 3 saturated carbocycles. The first kappa shape index (κ1) is 15.6. The highest BCUT2D eigenvalue weighted by Crippen LogP contribution is 2.58. The summed E-state index contributed by atoms with van der Waals surface area (Å²) >= 11 is 0. The fourth-order valence-corrected chi connectivity index (χ4v) is 5.90. The van der Waals surface area contributed by atoms with E-state index in [2.05, 4.69) is 17.6 Å². The zero-order valence-corrected chi connectivity index (χ0v) is 13.8. The summed E-state index contributed by atoms with van der Waals surface area (Å²) in [7, 11) is 0. The summed E-state index contributed by atoms with van der Waals surface area (Å²) in [6, 6.07) is 1.01. The molecule has 4 aliphatic rings. The molecule has 4 heteroatoms. The number of carbonyl (C=O) groups is 1. The van der Waals surface area contributed by atoms with E-state index in [0.717, 1.165) is 43.1 Å². The lowest BCUT2D eigenvalue weighted by molar-refractivity contribution is -0.127. The van der Waals surface area contributed by atoms with Crippen molar-refractivity contribution >= 4 is 18.3 Å². The van der Waals surface area contributed by atoms with E-state index in [1.54, 1.807) is 0 Å². The van der Waals surface area contributed by atoms with Gasteiger partial charge in [0.2, 0.25) is 5.91 Å². The summed E-state index contributed by atoms with van der Waals surface area (Å²) < 4.78 is 0. The van der Waals surface area contributed by atoms with Crippen molar-refractivity contribution in [1.29, 1.82) is 0 Å². The summed E-state index contributed by atoms with van der Waals surface area (Å²) in [6.07, 6.45) is 9.05. The molecule has 0 aromatic rings. The SMILES string of the molecule is C[C@H]1C[C@@H](C(=O)NC2CC3CC2C2CCCC32)CCN1.Cl. The third kappa shape index (κ3) is 2.72. The van der Waals surface area contributed by atoms with E-state index in [0.29, 0.717) is 18.0 Å². The average Bonchev–Trinajstić information content (AvgIpc) is 3.10. The van der Waals surface area contributed by atoms with Crippen LogP contribution in [0.4, 0.5) is 0 Å². The Morgan fingerprint density at radius 2 is 1.86 bits per heavy atom. The van der Waals surface area contributed by atoms with Gasteiger partial charge in [-0.1, -0.05) is 6.42 Å². The molecule has 0 spiro atoms. The fourth-order valence-electron chi connectivity index (χ4n) is 5.90. The zero-order chi connectivity index (χ0) is 13.7. The van der Waals surface area contributed by atoms with Gasteiger partial charge in [0.05, 0.1) is 0 Å². The van der Waals surface area contributed by atoms with Crippen molar-refractivity contribution in [1.82, 2.24) is 10.6 Å². The predicted octanol–water partition coefficient (Wildman–Crippen LogP) is 2.74. The van der Waals surface area contributed by atoms with E-state index in [9.17, 15) is 4.79 Å². The number of amides is 1. The first-order valence-electron chi connectivity index (χ1n) is 8.76. The van der Waals surface area contributed by atoms with Crippen molar-refractivity contribution in [3.8, 4) is 0 Å². The third-order valence-electron chi connectivity index (χ3n) is 6.75. The largest absolute Gasteiger partial charge is 0.353 e. The lowest BCUT2D eigenvalue weighted by Crippen LogP contribution is -2.48. The Morgan fingerprint density at radius 1 is 1.05 bits per heavy atom. The molecule has 1 heterocycles. The van der Waals surface area contributed by atoms with Gasteiger partial charge >= 0.3 is 0 Å². The van der Waals surface area contributed by atoms with Crippen LogP contribution in [0.3, 0.4) is 0 Å². The van der Waals surface area contributed by atoms with E-state index in [4.69, 9.17) is 0 Å². The summed E-state index contributed by atoms with van der Waals surface area (Å²) in [5.41, 5.74) is 0. The third-order valence-corrected chi connectivity index (χ3v) is 6.75. The number of carbonyl (C=O) groups excluding carboxylic acids is 1. The van der Waals surface area contributed by atoms with Gasteiger partial charge in [0, 0.05) is 18.0 Å². The van der Waals surface area contributed by atoms with Crippen LogP contribution in [0.5, 0.6) is 0 Å². The van der Waals surface area contributed by atoms with Crippen LogP contribution in [0.25, 0.3) is 0 Å². The summed E-state index contributed by atoms with van der Waals surface area (Å²) in [5, 5.41) is 6.88. The van der Waals surface area contributed by atoms with Gasteiger partial charge in [0.25, 0.3) is 0 Å². The van der Waals surface area contributed by atoms with Crippen LogP contribution in [-0.4, -0.2) is 24.5 Å². The van der Waals surface area contributed by atoms with Crippen LogP contribution in [-0.2, 0) is 4.79 Å². The molecule has 120 valence electrons. The molecule has 7 atom stereocenters. The molecule has 1 aliphatic heterocycles. The number of hydrogen-bond acceptors (Lipinski definition) is 2. The van der Waals surface area contributed by atoms with Crippen molar-refractivity contribution in [2.75, 3.05) is 6.54 Å². The molecular formula is C17H29ClN2O. The van der Waals surface area contributed by atoms with Crippen LogP contribution in [0.15, 0.2) is 0 Å². The Morgan fingerprint density at radius 3 is 2.67 bits per heavy atom. The maximum atomic E-state index is 12.5. The molecule has 3 nitrogen and oxygen atoms in total. The molecule has 4 fully saturated rings. The van der Waals surface area contributed by atoms with Crippen LogP contribution >= 0.6 is 12.4 Å². The van der Waals surface area contributed by atoms with E-state index < -0.39 is 0 Å². The van der Waals surface area contributed by atoms with Gasteiger partial charge in [-0.15, -0.1) is 12.4 Å². The topological polar surface area (TPSA) is 41.1 Å². The van der Waals surface area contributed by atoms with Crippen LogP contribution in [0.1, 0.15) is 51.9 Å². The highest BCUT2D eigenvalue weighted by molar-refractivity contribution is 5.85. The number of piperidine rings is 1. The molecule has 21 heavy (non-hydrogen) atoms. The summed E-state index contributed by atoms with van der Waals surface area (Å²) in [6.45, 7) is 3.20. The number of fused-ring (bicyclic) bond motifs is 5. The Hall–Kier alpha value is -0.280. The molecule has 0 aromatic heterocycles. The number of hydrogen-bond donors (Lipinski definition) is 2. The minimum atomic E-state index is 0. The van der Waals surface area contributed by atoms with E-state index in [1.807, 2.05) is 0 Å². The lowest BCUT2D eigenvalue weighted by Gasteiger charge is -2.34. The molecule has 0 aromatic carbocycles. The molecular weight excluding hydrogens is 284 g/mol. The van der Waals surface area contributed by atoms with Crippen molar-refractivity contribution in [2.24, 2.45) is 29.6 Å². The minimum Gasteiger partial charge on any atom is -0.353 e. The van der Waals surface area contributed by atoms with Gasteiger partial charge in [0.15, 0.2) is 0 Å². The summed E-state index contributed by atoms with van der Waals surface area (Å²) in [5.74, 6) is 4.33. The molecule has 3 aliphatic carbocycles. The van der Waals surface area contributed by atoms with E-state index in [1.165, 1.54) is 32.1 Å². The molecule has 4 rings (SSSR count). The molecule has 2 bridgehead atoms. The van der Waals surface area contributed by atoms with Crippen molar-refractivity contribution in [3.05, 3.63) is 0 Å². The van der Waals surface area contributed by atoms with Crippen LogP contribution in [0.2, 0.25) is 0 Å². The maximum Gasteiger partial charge on any atom is 0.223 e. The fraction of sp³-hybridized carbons (Fsp3) is 0.941. The number of halogens is 1. The van der Waals surface area contributed by atoms with E-state index >= 15 is 0 Å². The predicted molar refractivity (Wildman–Crippen MR) is 86.4 cm³/mol. The molecule has 2 N–H and O–H groups in total. The first-order valence-corrected chi connectivity index (χ1v) is 8.76.